The number of fused-ring (bicyclic) bond motifs is 1. The van der Waals surface area contributed by atoms with Crippen LogP contribution >= 0.6 is 23.4 Å². The molecule has 0 aliphatic carbocycles. The summed E-state index contributed by atoms with van der Waals surface area (Å²) in [6.45, 7) is 3.92. The van der Waals surface area contributed by atoms with Crippen molar-refractivity contribution in [1.29, 1.82) is 0 Å². The molecule has 3 rings (SSSR count). The molecule has 1 aromatic heterocycles. The fourth-order valence-electron chi connectivity index (χ4n) is 2.46. The van der Waals surface area contributed by atoms with E-state index in [1.165, 1.54) is 22.8 Å². The average molecular weight is 404 g/mol. The van der Waals surface area contributed by atoms with Gasteiger partial charge in [0.1, 0.15) is 5.82 Å². The van der Waals surface area contributed by atoms with Crippen molar-refractivity contribution in [3.63, 3.8) is 0 Å². The normalized spacial score (nSPS) is 10.7. The second-order valence-electron chi connectivity index (χ2n) is 5.58. The zero-order valence-corrected chi connectivity index (χ0v) is 15.7. The molecule has 1 heterocycles. The lowest BCUT2D eigenvalue weighted by Crippen LogP contribution is -2.23. The first-order valence-electron chi connectivity index (χ1n) is 7.98. The maximum atomic E-state index is 13.7. The fourth-order valence-corrected chi connectivity index (χ4v) is 3.44. The Balaban J connectivity index is 1.82. The second-order valence-corrected chi connectivity index (χ2v) is 6.96. The highest BCUT2D eigenvalue weighted by molar-refractivity contribution is 7.99. The highest BCUT2D eigenvalue weighted by atomic mass is 35.5. The largest absolute Gasteiger partial charge is 0.323 e. The van der Waals surface area contributed by atoms with Crippen LogP contribution in [0.1, 0.15) is 0 Å². The van der Waals surface area contributed by atoms with Gasteiger partial charge in [-0.2, -0.15) is 0 Å². The molecule has 0 unspecified atom stereocenters. The van der Waals surface area contributed by atoms with Crippen LogP contribution < -0.4 is 10.9 Å². The van der Waals surface area contributed by atoms with E-state index in [0.717, 1.165) is 11.8 Å². The number of carbonyl (C=O) groups is 1. The first kappa shape index (κ1) is 19.1. The number of anilines is 1. The highest BCUT2D eigenvalue weighted by Gasteiger charge is 2.13. The Hall–Kier alpha value is -2.64. The summed E-state index contributed by atoms with van der Waals surface area (Å²) < 4.78 is 15.2. The van der Waals surface area contributed by atoms with Crippen molar-refractivity contribution in [2.45, 2.75) is 11.7 Å². The first-order chi connectivity index (χ1) is 13.0. The van der Waals surface area contributed by atoms with Crippen LogP contribution in [0.3, 0.4) is 0 Å². The van der Waals surface area contributed by atoms with E-state index in [1.807, 2.05) is 0 Å². The van der Waals surface area contributed by atoms with Gasteiger partial charge < -0.3 is 5.32 Å². The molecule has 2 aromatic carbocycles. The predicted octanol–water partition coefficient (Wildman–Crippen LogP) is 4.11. The van der Waals surface area contributed by atoms with E-state index in [9.17, 15) is 14.0 Å². The summed E-state index contributed by atoms with van der Waals surface area (Å²) in [5.74, 6) is -1.06. The van der Waals surface area contributed by atoms with E-state index in [4.69, 9.17) is 11.6 Å². The number of carbonyl (C=O) groups excluding carboxylic acids is 1. The maximum absolute atomic E-state index is 13.7. The van der Waals surface area contributed by atoms with E-state index < -0.39 is 11.7 Å². The van der Waals surface area contributed by atoms with E-state index in [-0.39, 0.29) is 23.5 Å². The third-order valence-corrected chi connectivity index (χ3v) is 4.88. The van der Waals surface area contributed by atoms with Gasteiger partial charge in [0.05, 0.1) is 22.3 Å². The van der Waals surface area contributed by atoms with Gasteiger partial charge in [0, 0.05) is 11.6 Å². The minimum Gasteiger partial charge on any atom is -0.323 e. The average Bonchev–Trinajstić information content (AvgIpc) is 2.66. The molecule has 3 aromatic rings. The van der Waals surface area contributed by atoms with Gasteiger partial charge in [0.25, 0.3) is 5.56 Å². The quantitative estimate of drug-likeness (QED) is 0.382. The van der Waals surface area contributed by atoms with Crippen molar-refractivity contribution >= 4 is 45.9 Å². The Bertz CT molecular complexity index is 1080. The van der Waals surface area contributed by atoms with Crippen LogP contribution in [0, 0.1) is 5.82 Å². The smallest absolute Gasteiger partial charge is 0.262 e. The van der Waals surface area contributed by atoms with Gasteiger partial charge in [-0.3, -0.25) is 14.2 Å². The van der Waals surface area contributed by atoms with E-state index in [2.05, 4.69) is 16.9 Å². The number of benzene rings is 2. The molecule has 8 heteroatoms. The zero-order valence-electron chi connectivity index (χ0n) is 14.1. The van der Waals surface area contributed by atoms with Crippen LogP contribution in [0.2, 0.25) is 5.02 Å². The number of amides is 1. The van der Waals surface area contributed by atoms with E-state index in [1.54, 1.807) is 30.3 Å². The van der Waals surface area contributed by atoms with Gasteiger partial charge in [-0.1, -0.05) is 41.6 Å². The van der Waals surface area contributed by atoms with Crippen molar-refractivity contribution in [3.8, 4) is 0 Å². The van der Waals surface area contributed by atoms with Gasteiger partial charge in [0.15, 0.2) is 5.16 Å². The molecule has 27 heavy (non-hydrogen) atoms. The van der Waals surface area contributed by atoms with Gasteiger partial charge in [-0.15, -0.1) is 6.58 Å². The van der Waals surface area contributed by atoms with Crippen LogP contribution in [-0.4, -0.2) is 21.2 Å². The third-order valence-electron chi connectivity index (χ3n) is 3.67. The van der Waals surface area contributed by atoms with Gasteiger partial charge in [-0.05, 0) is 30.3 Å². The zero-order chi connectivity index (χ0) is 19.4. The first-order valence-corrected chi connectivity index (χ1v) is 9.34. The topological polar surface area (TPSA) is 64.0 Å². The SMILES string of the molecule is C=CCn1c(SCC(=O)Nc2cc(Cl)ccc2F)nc2ccccc2c1=O. The van der Waals surface area contributed by atoms with Gasteiger partial charge in [-0.25, -0.2) is 9.37 Å². The van der Waals surface area contributed by atoms with Crippen LogP contribution in [0.4, 0.5) is 10.1 Å². The van der Waals surface area contributed by atoms with Crippen molar-refractivity contribution in [2.24, 2.45) is 0 Å². The summed E-state index contributed by atoms with van der Waals surface area (Å²) in [5, 5.41) is 3.67. The molecule has 0 saturated heterocycles. The number of allylic oxidation sites excluding steroid dienone is 1. The summed E-state index contributed by atoms with van der Waals surface area (Å²) in [7, 11) is 0. The Kier molecular flexibility index (Phi) is 5.93. The number of rotatable bonds is 6. The van der Waals surface area contributed by atoms with E-state index in [0.29, 0.717) is 21.1 Å². The number of halogens is 2. The molecule has 0 saturated carbocycles. The molecular weight excluding hydrogens is 389 g/mol. The van der Waals surface area contributed by atoms with Crippen LogP contribution in [0.5, 0.6) is 0 Å². The second kappa shape index (κ2) is 8.37. The van der Waals surface area contributed by atoms with Crippen LogP contribution in [0.25, 0.3) is 10.9 Å². The molecule has 0 aliphatic heterocycles. The third kappa shape index (κ3) is 4.37. The molecule has 0 aliphatic rings. The van der Waals surface area contributed by atoms with Crippen LogP contribution in [0.15, 0.2) is 65.1 Å². The number of aromatic nitrogens is 2. The Labute approximate surface area is 163 Å². The van der Waals surface area contributed by atoms with Crippen molar-refractivity contribution in [1.82, 2.24) is 9.55 Å². The van der Waals surface area contributed by atoms with Gasteiger partial charge >= 0.3 is 0 Å². The number of nitrogens with zero attached hydrogens (tertiary/aromatic N) is 2. The standard InChI is InChI=1S/C19H15ClFN3O2S/c1-2-9-24-18(26)13-5-3-4-6-15(13)23-19(24)27-11-17(25)22-16-10-12(20)7-8-14(16)21/h2-8,10H,1,9,11H2,(H,22,25). The number of para-hydroxylation sites is 1. The molecule has 5 nitrogen and oxygen atoms in total. The lowest BCUT2D eigenvalue weighted by Gasteiger charge is -2.11. The molecule has 0 atom stereocenters. The number of hydrogen-bond donors (Lipinski definition) is 1. The fraction of sp³-hybridized carbons (Fsp3) is 0.105. The van der Waals surface area contributed by atoms with Crippen molar-refractivity contribution in [2.75, 3.05) is 11.1 Å². The molecule has 0 fully saturated rings. The lowest BCUT2D eigenvalue weighted by atomic mass is 10.2. The summed E-state index contributed by atoms with van der Waals surface area (Å²) in [4.78, 5) is 29.3. The highest BCUT2D eigenvalue weighted by Crippen LogP contribution is 2.21. The number of thioether (sulfide) groups is 1. The molecule has 0 bridgehead atoms. The van der Waals surface area contributed by atoms with Crippen molar-refractivity contribution < 1.29 is 9.18 Å². The minimum atomic E-state index is -0.579. The molecule has 0 spiro atoms. The van der Waals surface area contributed by atoms with Crippen molar-refractivity contribution in [3.05, 3.63) is 76.3 Å². The molecule has 1 amide bonds. The summed E-state index contributed by atoms with van der Waals surface area (Å²) in [6, 6.07) is 10.9. The maximum Gasteiger partial charge on any atom is 0.262 e. The summed E-state index contributed by atoms with van der Waals surface area (Å²) in [5.41, 5.74) is 0.346. The molecule has 0 radical (unpaired) electrons. The summed E-state index contributed by atoms with van der Waals surface area (Å²) >= 11 is 6.91. The lowest BCUT2D eigenvalue weighted by molar-refractivity contribution is -0.113. The Morgan fingerprint density at radius 3 is 2.89 bits per heavy atom. The van der Waals surface area contributed by atoms with Gasteiger partial charge in [0.2, 0.25) is 5.91 Å². The van der Waals surface area contributed by atoms with E-state index >= 15 is 0 Å². The monoisotopic (exact) mass is 403 g/mol. The Morgan fingerprint density at radius 1 is 1.33 bits per heavy atom. The predicted molar refractivity (Wildman–Crippen MR) is 107 cm³/mol. The molecule has 138 valence electrons. The molecular formula is C19H15ClFN3O2S. The minimum absolute atomic E-state index is 0.00283. The van der Waals surface area contributed by atoms with Crippen LogP contribution in [-0.2, 0) is 11.3 Å². The molecule has 1 N–H and O–H groups in total. The number of hydrogen-bond acceptors (Lipinski definition) is 4. The number of nitrogens with one attached hydrogen (secondary N) is 1. The Morgan fingerprint density at radius 2 is 2.11 bits per heavy atom. The summed E-state index contributed by atoms with van der Waals surface area (Å²) in [6.07, 6.45) is 1.59.